The van der Waals surface area contributed by atoms with Crippen molar-refractivity contribution in [1.82, 2.24) is 19.2 Å². The monoisotopic (exact) mass is 374 g/mol. The molecule has 0 N–H and O–H groups in total. The minimum Gasteiger partial charge on any atom is -0.344 e. The van der Waals surface area contributed by atoms with E-state index in [-0.39, 0.29) is 24.0 Å². The molecule has 1 aromatic heterocycles. The Labute approximate surface area is 158 Å². The normalized spacial score (nSPS) is 16.6. The van der Waals surface area contributed by atoms with Crippen LogP contribution in [-0.2, 0) is 17.8 Å². The Morgan fingerprint density at radius 2 is 2.19 bits per heavy atom. The van der Waals surface area contributed by atoms with Gasteiger partial charge in [-0.1, -0.05) is 31.9 Å². The highest BCUT2D eigenvalue weighted by Gasteiger charge is 2.30. The molecule has 0 saturated heterocycles. The van der Waals surface area contributed by atoms with Crippen LogP contribution in [0.3, 0.4) is 0 Å². The SMILES string of the molecule is CCCCN(C)C(=O)C1CCCCc2nn(Cc3cccc(F)c3)c(=O)n21. The molecule has 146 valence electrons. The Balaban J connectivity index is 1.90. The second-order valence-corrected chi connectivity index (χ2v) is 7.23. The van der Waals surface area contributed by atoms with Crippen LogP contribution in [0.2, 0.25) is 0 Å². The molecule has 27 heavy (non-hydrogen) atoms. The standard InChI is InChI=1S/C20H27FN4O2/c1-3-4-12-23(2)19(26)17-10-5-6-11-18-22-24(20(27)25(17)18)14-15-8-7-9-16(21)13-15/h7-9,13,17H,3-6,10-12,14H2,1-2H3. The topological polar surface area (TPSA) is 60.1 Å². The average molecular weight is 374 g/mol. The molecule has 0 radical (unpaired) electrons. The molecule has 2 aromatic rings. The number of rotatable bonds is 6. The second kappa shape index (κ2) is 8.50. The van der Waals surface area contributed by atoms with E-state index in [1.165, 1.54) is 16.8 Å². The van der Waals surface area contributed by atoms with Crippen molar-refractivity contribution in [2.45, 2.75) is 58.0 Å². The summed E-state index contributed by atoms with van der Waals surface area (Å²) < 4.78 is 16.4. The number of carbonyl (C=O) groups is 1. The first kappa shape index (κ1) is 19.3. The van der Waals surface area contributed by atoms with Crippen LogP contribution in [0.1, 0.15) is 56.5 Å². The second-order valence-electron chi connectivity index (χ2n) is 7.23. The molecule has 1 atom stereocenters. The number of likely N-dealkylation sites (N-methyl/N-ethyl adjacent to an activating group) is 1. The van der Waals surface area contributed by atoms with E-state index in [4.69, 9.17) is 0 Å². The van der Waals surface area contributed by atoms with E-state index in [0.717, 1.165) is 25.7 Å². The Hall–Kier alpha value is -2.44. The van der Waals surface area contributed by atoms with Crippen molar-refractivity contribution in [1.29, 1.82) is 0 Å². The van der Waals surface area contributed by atoms with Gasteiger partial charge in [0.2, 0.25) is 5.91 Å². The lowest BCUT2D eigenvalue weighted by molar-refractivity contribution is -0.133. The highest BCUT2D eigenvalue weighted by atomic mass is 19.1. The lowest BCUT2D eigenvalue weighted by atomic mass is 10.1. The zero-order valence-corrected chi connectivity index (χ0v) is 16.0. The fourth-order valence-corrected chi connectivity index (χ4v) is 3.60. The summed E-state index contributed by atoms with van der Waals surface area (Å²) in [6.07, 6.45) is 5.07. The van der Waals surface area contributed by atoms with Crippen LogP contribution < -0.4 is 5.69 Å². The van der Waals surface area contributed by atoms with Crippen molar-refractivity contribution in [2.75, 3.05) is 13.6 Å². The lowest BCUT2D eigenvalue weighted by Gasteiger charge is -2.23. The van der Waals surface area contributed by atoms with Crippen LogP contribution in [0.4, 0.5) is 4.39 Å². The molecule has 1 amide bonds. The van der Waals surface area contributed by atoms with Crippen LogP contribution in [0.5, 0.6) is 0 Å². The summed E-state index contributed by atoms with van der Waals surface area (Å²) in [7, 11) is 1.80. The van der Waals surface area contributed by atoms with E-state index in [2.05, 4.69) is 12.0 Å². The van der Waals surface area contributed by atoms with Gasteiger partial charge in [0.1, 0.15) is 17.7 Å². The van der Waals surface area contributed by atoms with Crippen LogP contribution >= 0.6 is 0 Å². The number of aromatic nitrogens is 3. The highest BCUT2D eigenvalue weighted by Crippen LogP contribution is 2.23. The molecule has 0 fully saturated rings. The van der Waals surface area contributed by atoms with Gasteiger partial charge in [0.25, 0.3) is 0 Å². The van der Waals surface area contributed by atoms with Gasteiger partial charge in [-0.3, -0.25) is 9.36 Å². The first-order chi connectivity index (χ1) is 13.0. The summed E-state index contributed by atoms with van der Waals surface area (Å²) >= 11 is 0. The Morgan fingerprint density at radius 3 is 2.93 bits per heavy atom. The summed E-state index contributed by atoms with van der Waals surface area (Å²) in [6, 6.07) is 5.65. The van der Waals surface area contributed by atoms with Gasteiger partial charge in [0.05, 0.1) is 6.54 Å². The fourth-order valence-electron chi connectivity index (χ4n) is 3.60. The van der Waals surface area contributed by atoms with Gasteiger partial charge in [-0.15, -0.1) is 0 Å². The lowest BCUT2D eigenvalue weighted by Crippen LogP contribution is -2.39. The van der Waals surface area contributed by atoms with Gasteiger partial charge >= 0.3 is 5.69 Å². The van der Waals surface area contributed by atoms with Gasteiger partial charge in [-0.05, 0) is 37.0 Å². The number of aryl methyl sites for hydroxylation is 1. The van der Waals surface area contributed by atoms with Gasteiger partial charge in [0, 0.05) is 20.0 Å². The summed E-state index contributed by atoms with van der Waals surface area (Å²) in [6.45, 7) is 2.97. The first-order valence-corrected chi connectivity index (χ1v) is 9.69. The maximum atomic E-state index is 13.4. The van der Waals surface area contributed by atoms with Crippen LogP contribution in [0, 0.1) is 5.82 Å². The van der Waals surface area contributed by atoms with Gasteiger partial charge in [0.15, 0.2) is 0 Å². The molecule has 3 rings (SSSR count). The Kier molecular flexibility index (Phi) is 6.08. The maximum absolute atomic E-state index is 13.4. The number of nitrogens with zero attached hydrogens (tertiary/aromatic N) is 4. The number of halogens is 1. The zero-order valence-electron chi connectivity index (χ0n) is 16.0. The van der Waals surface area contributed by atoms with Crippen molar-refractivity contribution in [3.8, 4) is 0 Å². The summed E-state index contributed by atoms with van der Waals surface area (Å²) in [5.74, 6) is 0.280. The quantitative estimate of drug-likeness (QED) is 0.781. The average Bonchev–Trinajstić information content (AvgIpc) is 2.82. The first-order valence-electron chi connectivity index (χ1n) is 9.69. The van der Waals surface area contributed by atoms with Gasteiger partial charge in [-0.25, -0.2) is 13.9 Å². The van der Waals surface area contributed by atoms with E-state index in [9.17, 15) is 14.0 Å². The van der Waals surface area contributed by atoms with Crippen LogP contribution in [0.15, 0.2) is 29.1 Å². The number of amides is 1. The molecule has 2 heterocycles. The molecule has 7 heteroatoms. The molecule has 0 spiro atoms. The van der Waals surface area contributed by atoms with E-state index in [0.29, 0.717) is 30.8 Å². The van der Waals surface area contributed by atoms with E-state index < -0.39 is 6.04 Å². The molecule has 1 aliphatic heterocycles. The minimum atomic E-state index is -0.502. The predicted molar refractivity (Wildman–Crippen MR) is 101 cm³/mol. The number of hydrogen-bond acceptors (Lipinski definition) is 3. The van der Waals surface area contributed by atoms with Crippen molar-refractivity contribution in [3.63, 3.8) is 0 Å². The maximum Gasteiger partial charge on any atom is 0.346 e. The van der Waals surface area contributed by atoms with E-state index in [1.807, 2.05) is 0 Å². The molecule has 0 saturated carbocycles. The third-order valence-electron chi connectivity index (χ3n) is 5.11. The van der Waals surface area contributed by atoms with Crippen LogP contribution in [-0.4, -0.2) is 38.7 Å². The highest BCUT2D eigenvalue weighted by molar-refractivity contribution is 5.80. The molecule has 1 unspecified atom stereocenters. The Morgan fingerprint density at radius 1 is 1.37 bits per heavy atom. The number of unbranched alkanes of at least 4 members (excludes halogenated alkanes) is 1. The van der Waals surface area contributed by atoms with Crippen molar-refractivity contribution in [3.05, 3.63) is 52.0 Å². The summed E-state index contributed by atoms with van der Waals surface area (Å²) in [4.78, 5) is 27.7. The van der Waals surface area contributed by atoms with Crippen molar-refractivity contribution < 1.29 is 9.18 Å². The summed E-state index contributed by atoms with van der Waals surface area (Å²) in [5.41, 5.74) is 0.381. The van der Waals surface area contributed by atoms with E-state index in [1.54, 1.807) is 28.6 Å². The molecule has 1 aromatic carbocycles. The zero-order chi connectivity index (χ0) is 19.4. The molecule has 0 bridgehead atoms. The number of hydrogen-bond donors (Lipinski definition) is 0. The molecular weight excluding hydrogens is 347 g/mol. The van der Waals surface area contributed by atoms with Gasteiger partial charge in [-0.2, -0.15) is 5.10 Å². The number of fused-ring (bicyclic) bond motifs is 1. The molecule has 0 aliphatic carbocycles. The van der Waals surface area contributed by atoms with Crippen molar-refractivity contribution >= 4 is 5.91 Å². The third kappa shape index (κ3) is 4.28. The molecule has 1 aliphatic rings. The fraction of sp³-hybridized carbons (Fsp3) is 0.550. The Bertz CT molecular complexity index is 858. The van der Waals surface area contributed by atoms with Gasteiger partial charge < -0.3 is 4.90 Å². The van der Waals surface area contributed by atoms with Crippen molar-refractivity contribution in [2.24, 2.45) is 0 Å². The van der Waals surface area contributed by atoms with E-state index >= 15 is 0 Å². The number of benzene rings is 1. The smallest absolute Gasteiger partial charge is 0.344 e. The number of carbonyl (C=O) groups excluding carboxylic acids is 1. The molecular formula is C20H27FN4O2. The molecule has 6 nitrogen and oxygen atoms in total. The third-order valence-corrected chi connectivity index (χ3v) is 5.11. The predicted octanol–water partition coefficient (Wildman–Crippen LogP) is 2.76. The largest absolute Gasteiger partial charge is 0.346 e. The summed E-state index contributed by atoms with van der Waals surface area (Å²) in [5, 5.41) is 4.46. The van der Waals surface area contributed by atoms with Crippen LogP contribution in [0.25, 0.3) is 0 Å². The minimum absolute atomic E-state index is 0.0287.